The third kappa shape index (κ3) is 11.0. The van der Waals surface area contributed by atoms with Crippen molar-refractivity contribution < 1.29 is 43.2 Å². The van der Waals surface area contributed by atoms with E-state index in [-0.39, 0.29) is 26.9 Å². The minimum Gasteiger partial charge on any atom is -0.396 e. The SMILES string of the molecule is Nc1cc(-c2ccccc2)c(F)cc1F.O=S(=O)(Cc1cc(-c2ccccc2)c(F)cc1F)c1cc(Cl)ccc1F.O=S(=O)(Cl)c1cc(Cl)ccc1F. The highest BCUT2D eigenvalue weighted by molar-refractivity contribution is 8.13. The first-order valence-corrected chi connectivity index (χ1v) is 19.5. The Balaban J connectivity index is 0.000000196. The molecule has 276 valence electrons. The van der Waals surface area contributed by atoms with Crippen LogP contribution in [-0.4, -0.2) is 16.8 Å². The van der Waals surface area contributed by atoms with Gasteiger partial charge in [0.15, 0.2) is 9.84 Å². The van der Waals surface area contributed by atoms with Gasteiger partial charge in [0.25, 0.3) is 9.05 Å². The van der Waals surface area contributed by atoms with Crippen LogP contribution in [0.25, 0.3) is 22.3 Å². The summed E-state index contributed by atoms with van der Waals surface area (Å²) in [7, 11) is -3.36. The molecule has 0 fully saturated rings. The maximum absolute atomic E-state index is 14.1. The average Bonchev–Trinajstić information content (AvgIpc) is 3.10. The van der Waals surface area contributed by atoms with Crippen molar-refractivity contribution in [3.63, 3.8) is 0 Å². The normalized spacial score (nSPS) is 11.2. The van der Waals surface area contributed by atoms with Gasteiger partial charge in [-0.15, -0.1) is 0 Å². The van der Waals surface area contributed by atoms with Gasteiger partial charge >= 0.3 is 0 Å². The molecule has 0 aliphatic carbocycles. The molecule has 0 amide bonds. The second kappa shape index (κ2) is 17.5. The fourth-order valence-electron chi connectivity index (χ4n) is 4.61. The fourth-order valence-corrected chi connectivity index (χ4v) is 7.46. The number of hydrogen-bond donors (Lipinski definition) is 1. The molecule has 0 aliphatic heterocycles. The number of benzene rings is 6. The Kier molecular flexibility index (Phi) is 13.6. The highest BCUT2D eigenvalue weighted by atomic mass is 35.7. The first kappa shape index (κ1) is 41.2. The lowest BCUT2D eigenvalue weighted by atomic mass is 10.0. The predicted molar refractivity (Wildman–Crippen MR) is 195 cm³/mol. The summed E-state index contributed by atoms with van der Waals surface area (Å²) in [6.07, 6.45) is 0. The van der Waals surface area contributed by atoms with Gasteiger partial charge in [0, 0.05) is 49.6 Å². The standard InChI is InChI=1S/C19H12ClF3O2S.C12H9F2N.C6H3Cl2FO2S/c20-14-6-7-16(21)19(9-14)26(24,25)11-13-8-15(18(23)10-17(13)22)12-4-2-1-3-5-12;13-10-7-11(14)12(15)6-9(10)8-4-2-1-3-5-8;7-4-1-2-5(9)6(3-4)12(8,10)11/h1-10H,11H2;1-7H,15H2;1-3H. The molecular weight excluding hydrogens is 807 g/mol. The van der Waals surface area contributed by atoms with Crippen molar-refractivity contribution in [2.24, 2.45) is 0 Å². The lowest BCUT2D eigenvalue weighted by Crippen LogP contribution is -2.09. The molecule has 0 saturated carbocycles. The summed E-state index contributed by atoms with van der Waals surface area (Å²) in [4.78, 5) is -1.23. The molecular formula is C37H24Cl3F6NO4S2. The van der Waals surface area contributed by atoms with Crippen molar-refractivity contribution in [3.05, 3.63) is 172 Å². The molecule has 0 saturated heterocycles. The second-order valence-electron chi connectivity index (χ2n) is 10.9. The van der Waals surface area contributed by atoms with Crippen LogP contribution in [0.4, 0.5) is 32.0 Å². The Labute approximate surface area is 315 Å². The van der Waals surface area contributed by atoms with Crippen LogP contribution in [-0.2, 0) is 24.6 Å². The van der Waals surface area contributed by atoms with E-state index in [9.17, 15) is 43.2 Å². The predicted octanol–water partition coefficient (Wildman–Crippen LogP) is 11.0. The monoisotopic (exact) mass is 829 g/mol. The maximum atomic E-state index is 14.1. The van der Waals surface area contributed by atoms with E-state index in [0.29, 0.717) is 22.8 Å². The number of nitrogen functional groups attached to an aromatic ring is 1. The van der Waals surface area contributed by atoms with E-state index < -0.39 is 69.3 Å². The zero-order chi connectivity index (χ0) is 39.1. The van der Waals surface area contributed by atoms with Gasteiger partial charge in [-0.05, 0) is 59.7 Å². The van der Waals surface area contributed by atoms with Crippen molar-refractivity contribution in [2.45, 2.75) is 15.5 Å². The number of rotatable bonds is 6. The minimum atomic E-state index is -4.22. The van der Waals surface area contributed by atoms with Gasteiger partial charge in [-0.3, -0.25) is 0 Å². The van der Waals surface area contributed by atoms with Crippen molar-refractivity contribution >= 4 is 58.5 Å². The van der Waals surface area contributed by atoms with Gasteiger partial charge in [-0.1, -0.05) is 83.9 Å². The molecule has 6 aromatic rings. The Morgan fingerprint density at radius 2 is 0.925 bits per heavy atom. The number of sulfone groups is 1. The van der Waals surface area contributed by atoms with Gasteiger partial charge < -0.3 is 5.73 Å². The van der Waals surface area contributed by atoms with Crippen LogP contribution in [0.2, 0.25) is 10.0 Å². The van der Waals surface area contributed by atoms with Crippen molar-refractivity contribution in [1.29, 1.82) is 0 Å². The van der Waals surface area contributed by atoms with Crippen LogP contribution in [0, 0.1) is 34.9 Å². The number of halogens is 9. The molecule has 0 heterocycles. The summed E-state index contributed by atoms with van der Waals surface area (Å²) >= 11 is 11.2. The summed E-state index contributed by atoms with van der Waals surface area (Å²) in [5.41, 5.74) is 6.61. The molecule has 0 aromatic heterocycles. The molecule has 0 aliphatic rings. The van der Waals surface area contributed by atoms with E-state index in [1.807, 2.05) is 6.07 Å². The summed E-state index contributed by atoms with van der Waals surface area (Å²) in [6, 6.07) is 27.3. The van der Waals surface area contributed by atoms with Crippen LogP contribution in [0.5, 0.6) is 0 Å². The molecule has 6 aromatic carbocycles. The lowest BCUT2D eigenvalue weighted by Gasteiger charge is -2.10. The van der Waals surface area contributed by atoms with E-state index in [1.54, 1.807) is 54.6 Å². The Bertz CT molecular complexity index is 2480. The summed E-state index contributed by atoms with van der Waals surface area (Å²) in [5, 5.41) is 0.158. The Hall–Kier alpha value is -4.53. The van der Waals surface area contributed by atoms with Gasteiger partial charge in [-0.2, -0.15) is 0 Å². The van der Waals surface area contributed by atoms with Gasteiger partial charge in [0.05, 0.1) is 11.4 Å². The molecule has 5 nitrogen and oxygen atoms in total. The number of hydrogen-bond acceptors (Lipinski definition) is 5. The van der Waals surface area contributed by atoms with E-state index in [2.05, 4.69) is 0 Å². The Morgan fingerprint density at radius 3 is 1.40 bits per heavy atom. The van der Waals surface area contributed by atoms with Crippen LogP contribution >= 0.6 is 33.9 Å². The van der Waals surface area contributed by atoms with E-state index >= 15 is 0 Å². The summed E-state index contributed by atoms with van der Waals surface area (Å²) in [5.74, 6) is -5.89. The summed E-state index contributed by atoms with van der Waals surface area (Å²) < 4.78 is 128. The Morgan fingerprint density at radius 1 is 0.491 bits per heavy atom. The zero-order valence-corrected chi connectivity index (χ0v) is 30.6. The first-order chi connectivity index (χ1) is 24.9. The molecule has 2 N–H and O–H groups in total. The second-order valence-corrected chi connectivity index (χ2v) is 16.2. The highest BCUT2D eigenvalue weighted by Crippen LogP contribution is 2.30. The number of nitrogens with two attached hydrogens (primary N) is 1. The molecule has 0 bridgehead atoms. The van der Waals surface area contributed by atoms with Crippen LogP contribution in [0.15, 0.2) is 131 Å². The van der Waals surface area contributed by atoms with E-state index in [4.69, 9.17) is 39.6 Å². The highest BCUT2D eigenvalue weighted by Gasteiger charge is 2.23. The van der Waals surface area contributed by atoms with Crippen molar-refractivity contribution in [3.8, 4) is 22.3 Å². The van der Waals surface area contributed by atoms with Gasteiger partial charge in [-0.25, -0.2) is 43.2 Å². The molecule has 0 unspecified atom stereocenters. The van der Waals surface area contributed by atoms with E-state index in [0.717, 1.165) is 36.4 Å². The van der Waals surface area contributed by atoms with Crippen molar-refractivity contribution in [2.75, 3.05) is 5.73 Å². The molecule has 53 heavy (non-hydrogen) atoms. The third-order valence-corrected chi connectivity index (χ3v) is 10.6. The van der Waals surface area contributed by atoms with Gasteiger partial charge in [0.1, 0.15) is 44.7 Å². The van der Waals surface area contributed by atoms with Crippen LogP contribution < -0.4 is 5.73 Å². The van der Waals surface area contributed by atoms with Crippen LogP contribution in [0.3, 0.4) is 0 Å². The molecule has 0 spiro atoms. The first-order valence-electron chi connectivity index (χ1n) is 14.8. The van der Waals surface area contributed by atoms with Crippen molar-refractivity contribution in [1.82, 2.24) is 0 Å². The third-order valence-electron chi connectivity index (χ3n) is 7.12. The molecule has 6 rings (SSSR count). The smallest absolute Gasteiger partial charge is 0.264 e. The van der Waals surface area contributed by atoms with E-state index in [1.165, 1.54) is 18.2 Å². The molecule has 16 heteroatoms. The quantitative estimate of drug-likeness (QED) is 0.102. The molecule has 0 radical (unpaired) electrons. The maximum Gasteiger partial charge on any atom is 0.264 e. The average molecular weight is 831 g/mol. The number of anilines is 1. The minimum absolute atomic E-state index is 0.0366. The summed E-state index contributed by atoms with van der Waals surface area (Å²) in [6.45, 7) is 0. The zero-order valence-electron chi connectivity index (χ0n) is 26.7. The lowest BCUT2D eigenvalue weighted by molar-refractivity contribution is 0.559. The van der Waals surface area contributed by atoms with Crippen LogP contribution in [0.1, 0.15) is 5.56 Å². The molecule has 0 atom stereocenters. The topological polar surface area (TPSA) is 94.3 Å². The fraction of sp³-hybridized carbons (Fsp3) is 0.0270. The largest absolute Gasteiger partial charge is 0.396 e. The van der Waals surface area contributed by atoms with Gasteiger partial charge in [0.2, 0.25) is 0 Å².